The van der Waals surface area contributed by atoms with Gasteiger partial charge in [0.15, 0.2) is 0 Å². The number of methoxy groups -OCH3 is 2. The molecule has 1 N–H and O–H groups in total. The van der Waals surface area contributed by atoms with E-state index in [1.54, 1.807) is 21.1 Å². The maximum Gasteiger partial charge on any atom is 0.143 e. The van der Waals surface area contributed by atoms with Crippen molar-refractivity contribution < 1.29 is 14.3 Å². The van der Waals surface area contributed by atoms with E-state index in [0.29, 0.717) is 13.1 Å². The lowest BCUT2D eigenvalue weighted by Gasteiger charge is -2.10. The van der Waals surface area contributed by atoms with Gasteiger partial charge in [0.2, 0.25) is 0 Å². The lowest BCUT2D eigenvalue weighted by atomic mass is 10.2. The number of rotatable bonds is 6. The molecule has 0 spiro atoms. The molecule has 4 nitrogen and oxygen atoms in total. The molecule has 0 atom stereocenters. The van der Waals surface area contributed by atoms with E-state index in [1.807, 2.05) is 18.2 Å². The predicted octanol–water partition coefficient (Wildman–Crippen LogP) is 1.38. The Labute approximate surface area is 95.6 Å². The number of hydrogen-bond donors (Lipinski definition) is 1. The van der Waals surface area contributed by atoms with Gasteiger partial charge >= 0.3 is 0 Å². The number of Topliss-reactive ketones (excluding diaryl/α,β-unsaturated/α-hetero) is 1. The summed E-state index contributed by atoms with van der Waals surface area (Å²) in [5.41, 5.74) is 1.00. The molecule has 0 fully saturated rings. The zero-order valence-corrected chi connectivity index (χ0v) is 9.87. The maximum absolute atomic E-state index is 10.8. The van der Waals surface area contributed by atoms with E-state index in [0.717, 1.165) is 17.1 Å². The number of carbonyl (C=O) groups is 1. The van der Waals surface area contributed by atoms with Gasteiger partial charge in [0.1, 0.15) is 17.3 Å². The van der Waals surface area contributed by atoms with Crippen molar-refractivity contribution in [2.24, 2.45) is 0 Å². The van der Waals surface area contributed by atoms with Crippen LogP contribution in [0.3, 0.4) is 0 Å². The Morgan fingerprint density at radius 2 is 2.06 bits per heavy atom. The monoisotopic (exact) mass is 223 g/mol. The van der Waals surface area contributed by atoms with Gasteiger partial charge in [-0.1, -0.05) is 6.07 Å². The molecule has 1 aromatic carbocycles. The van der Waals surface area contributed by atoms with Gasteiger partial charge in [0.25, 0.3) is 0 Å². The van der Waals surface area contributed by atoms with E-state index in [1.165, 1.54) is 0 Å². The molecule has 0 aliphatic heterocycles. The van der Waals surface area contributed by atoms with Crippen molar-refractivity contribution in [1.29, 1.82) is 0 Å². The first-order chi connectivity index (χ1) is 7.67. The molecule has 1 rings (SSSR count). The van der Waals surface area contributed by atoms with Crippen LogP contribution in [0.4, 0.5) is 0 Å². The van der Waals surface area contributed by atoms with Crippen LogP contribution in [-0.2, 0) is 11.3 Å². The van der Waals surface area contributed by atoms with Crippen molar-refractivity contribution in [3.63, 3.8) is 0 Å². The third-order valence-electron chi connectivity index (χ3n) is 2.18. The van der Waals surface area contributed by atoms with E-state index in [2.05, 4.69) is 5.32 Å². The number of nitrogens with one attached hydrogen (secondary N) is 1. The van der Waals surface area contributed by atoms with Crippen molar-refractivity contribution >= 4 is 5.78 Å². The Balaban J connectivity index is 2.68. The molecule has 0 radical (unpaired) electrons. The van der Waals surface area contributed by atoms with Gasteiger partial charge in [0.05, 0.1) is 20.8 Å². The molecule has 0 aliphatic rings. The van der Waals surface area contributed by atoms with Gasteiger partial charge in [-0.05, 0) is 13.0 Å². The van der Waals surface area contributed by atoms with Crippen molar-refractivity contribution in [2.75, 3.05) is 20.8 Å². The molecule has 4 heteroatoms. The summed E-state index contributed by atoms with van der Waals surface area (Å²) < 4.78 is 10.3. The van der Waals surface area contributed by atoms with Gasteiger partial charge in [-0.2, -0.15) is 0 Å². The van der Waals surface area contributed by atoms with Crippen molar-refractivity contribution in [3.05, 3.63) is 23.8 Å². The lowest BCUT2D eigenvalue weighted by Crippen LogP contribution is -2.20. The van der Waals surface area contributed by atoms with Gasteiger partial charge in [-0.15, -0.1) is 0 Å². The molecule has 0 unspecified atom stereocenters. The molecule has 0 aromatic heterocycles. The first-order valence-electron chi connectivity index (χ1n) is 5.08. The van der Waals surface area contributed by atoms with Crippen LogP contribution in [0.25, 0.3) is 0 Å². The summed E-state index contributed by atoms with van der Waals surface area (Å²) in [4.78, 5) is 10.8. The molecule has 1 aromatic rings. The van der Waals surface area contributed by atoms with Crippen LogP contribution >= 0.6 is 0 Å². The fraction of sp³-hybridized carbons (Fsp3) is 0.417. The van der Waals surface area contributed by atoms with E-state index < -0.39 is 0 Å². The maximum atomic E-state index is 10.8. The highest BCUT2D eigenvalue weighted by atomic mass is 16.5. The average Bonchev–Trinajstić information content (AvgIpc) is 2.29. The molecular weight excluding hydrogens is 206 g/mol. The van der Waals surface area contributed by atoms with E-state index in [-0.39, 0.29) is 5.78 Å². The van der Waals surface area contributed by atoms with Crippen LogP contribution in [0, 0.1) is 0 Å². The first kappa shape index (κ1) is 12.5. The number of carbonyl (C=O) groups excluding carboxylic acids is 1. The summed E-state index contributed by atoms with van der Waals surface area (Å²) in [6, 6.07) is 5.61. The minimum atomic E-state index is 0.118. The van der Waals surface area contributed by atoms with Gasteiger partial charge in [-0.3, -0.25) is 4.79 Å². The van der Waals surface area contributed by atoms with Gasteiger partial charge in [0, 0.05) is 18.2 Å². The third kappa shape index (κ3) is 3.55. The standard InChI is InChI=1S/C12H17NO3/c1-9(14)7-13-8-10-4-5-11(15-2)6-12(10)16-3/h4-6,13H,7-8H2,1-3H3. The van der Waals surface area contributed by atoms with E-state index >= 15 is 0 Å². The summed E-state index contributed by atoms with van der Waals surface area (Å²) in [7, 11) is 3.23. The predicted molar refractivity (Wildman–Crippen MR) is 61.9 cm³/mol. The number of ketones is 1. The van der Waals surface area contributed by atoms with Crippen molar-refractivity contribution in [3.8, 4) is 11.5 Å². The highest BCUT2D eigenvalue weighted by Gasteiger charge is 2.04. The van der Waals surface area contributed by atoms with Crippen LogP contribution in [0.1, 0.15) is 12.5 Å². The second-order valence-corrected chi connectivity index (χ2v) is 3.48. The SMILES string of the molecule is COc1ccc(CNCC(C)=O)c(OC)c1. The topological polar surface area (TPSA) is 47.6 Å². The molecule has 16 heavy (non-hydrogen) atoms. The average molecular weight is 223 g/mol. The largest absolute Gasteiger partial charge is 0.497 e. The minimum absolute atomic E-state index is 0.118. The molecule has 0 bridgehead atoms. The quantitative estimate of drug-likeness (QED) is 0.791. The zero-order chi connectivity index (χ0) is 12.0. The lowest BCUT2D eigenvalue weighted by molar-refractivity contribution is -0.116. The molecule has 0 saturated carbocycles. The highest BCUT2D eigenvalue weighted by Crippen LogP contribution is 2.24. The molecule has 0 saturated heterocycles. The molecule has 0 aliphatic carbocycles. The Morgan fingerprint density at radius 3 is 2.62 bits per heavy atom. The van der Waals surface area contributed by atoms with E-state index in [4.69, 9.17) is 9.47 Å². The van der Waals surface area contributed by atoms with Crippen LogP contribution in [0.15, 0.2) is 18.2 Å². The minimum Gasteiger partial charge on any atom is -0.497 e. The van der Waals surface area contributed by atoms with Crippen LogP contribution < -0.4 is 14.8 Å². The Morgan fingerprint density at radius 1 is 1.31 bits per heavy atom. The van der Waals surface area contributed by atoms with Crippen LogP contribution in [0.2, 0.25) is 0 Å². The number of hydrogen-bond acceptors (Lipinski definition) is 4. The second kappa shape index (κ2) is 6.12. The molecule has 88 valence electrons. The zero-order valence-electron chi connectivity index (χ0n) is 9.87. The van der Waals surface area contributed by atoms with Crippen molar-refractivity contribution in [2.45, 2.75) is 13.5 Å². The summed E-state index contributed by atoms with van der Waals surface area (Å²) in [5, 5.41) is 3.04. The number of ether oxygens (including phenoxy) is 2. The Hall–Kier alpha value is -1.55. The smallest absolute Gasteiger partial charge is 0.143 e. The Bertz CT molecular complexity index is 363. The molecular formula is C12H17NO3. The summed E-state index contributed by atoms with van der Waals surface area (Å²) >= 11 is 0. The van der Waals surface area contributed by atoms with Crippen LogP contribution in [-0.4, -0.2) is 26.5 Å². The highest BCUT2D eigenvalue weighted by molar-refractivity contribution is 5.77. The van der Waals surface area contributed by atoms with Crippen LogP contribution in [0.5, 0.6) is 11.5 Å². The molecule has 0 amide bonds. The normalized spacial score (nSPS) is 9.94. The fourth-order valence-electron chi connectivity index (χ4n) is 1.37. The third-order valence-corrected chi connectivity index (χ3v) is 2.18. The van der Waals surface area contributed by atoms with E-state index in [9.17, 15) is 4.79 Å². The Kier molecular flexibility index (Phi) is 4.79. The second-order valence-electron chi connectivity index (χ2n) is 3.48. The summed E-state index contributed by atoms with van der Waals surface area (Å²) in [5.74, 6) is 1.63. The number of benzene rings is 1. The molecule has 0 heterocycles. The summed E-state index contributed by atoms with van der Waals surface area (Å²) in [6.45, 7) is 2.53. The van der Waals surface area contributed by atoms with Gasteiger partial charge in [-0.25, -0.2) is 0 Å². The fourth-order valence-corrected chi connectivity index (χ4v) is 1.37. The summed E-state index contributed by atoms with van der Waals surface area (Å²) in [6.07, 6.45) is 0. The van der Waals surface area contributed by atoms with Gasteiger partial charge < -0.3 is 14.8 Å². The van der Waals surface area contributed by atoms with Crippen molar-refractivity contribution in [1.82, 2.24) is 5.32 Å². The first-order valence-corrected chi connectivity index (χ1v) is 5.08.